The molecule has 0 saturated heterocycles. The minimum absolute atomic E-state index is 0.330. The maximum Gasteiger partial charge on any atom is 0.357 e. The van der Waals surface area contributed by atoms with E-state index in [4.69, 9.17) is 4.74 Å². The van der Waals surface area contributed by atoms with Crippen LogP contribution in [-0.2, 0) is 11.3 Å². The molecule has 24 heavy (non-hydrogen) atoms. The summed E-state index contributed by atoms with van der Waals surface area (Å²) in [5.74, 6) is -0.375. The van der Waals surface area contributed by atoms with Crippen LogP contribution in [0.1, 0.15) is 23.1 Å². The van der Waals surface area contributed by atoms with Gasteiger partial charge in [0.25, 0.3) is 0 Å². The maximum atomic E-state index is 12.2. The van der Waals surface area contributed by atoms with Crippen molar-refractivity contribution in [1.82, 2.24) is 9.78 Å². The van der Waals surface area contributed by atoms with Gasteiger partial charge in [0.05, 0.1) is 24.5 Å². The second-order valence-corrected chi connectivity index (χ2v) is 5.21. The predicted octanol–water partition coefficient (Wildman–Crippen LogP) is 3.66. The van der Waals surface area contributed by atoms with E-state index in [0.717, 1.165) is 17.1 Å². The third kappa shape index (κ3) is 3.63. The number of benzene rings is 2. The van der Waals surface area contributed by atoms with Crippen LogP contribution in [0.2, 0.25) is 0 Å². The van der Waals surface area contributed by atoms with Gasteiger partial charge in [-0.3, -0.25) is 0 Å². The van der Waals surface area contributed by atoms with Gasteiger partial charge in [0.2, 0.25) is 0 Å². The number of nitrogens with zero attached hydrogens (tertiary/aromatic N) is 2. The first kappa shape index (κ1) is 15.8. The predicted molar refractivity (Wildman–Crippen MR) is 93.3 cm³/mol. The van der Waals surface area contributed by atoms with Crippen molar-refractivity contribution in [1.29, 1.82) is 0 Å². The Bertz CT molecular complexity index is 798. The molecule has 0 radical (unpaired) electrons. The average molecular weight is 321 g/mol. The van der Waals surface area contributed by atoms with Crippen LogP contribution in [0, 0.1) is 0 Å². The zero-order chi connectivity index (χ0) is 16.8. The van der Waals surface area contributed by atoms with Gasteiger partial charge in [0.1, 0.15) is 0 Å². The number of hydrogen-bond donors (Lipinski definition) is 1. The fraction of sp³-hybridized carbons (Fsp3) is 0.158. The summed E-state index contributed by atoms with van der Waals surface area (Å²) >= 11 is 0. The first-order chi connectivity index (χ1) is 11.8. The zero-order valence-electron chi connectivity index (χ0n) is 13.5. The number of para-hydroxylation sites is 2. The highest BCUT2D eigenvalue weighted by Gasteiger charge is 2.17. The van der Waals surface area contributed by atoms with Crippen LogP contribution in [0.25, 0.3) is 5.69 Å². The molecule has 0 fully saturated rings. The fourth-order valence-electron chi connectivity index (χ4n) is 2.38. The van der Waals surface area contributed by atoms with Crippen LogP contribution in [0.15, 0.2) is 66.7 Å². The third-order valence-corrected chi connectivity index (χ3v) is 3.49. The topological polar surface area (TPSA) is 56.1 Å². The van der Waals surface area contributed by atoms with E-state index in [-0.39, 0.29) is 5.97 Å². The number of rotatable bonds is 6. The second-order valence-electron chi connectivity index (χ2n) is 5.21. The monoisotopic (exact) mass is 321 g/mol. The van der Waals surface area contributed by atoms with E-state index in [1.165, 1.54) is 0 Å². The summed E-state index contributed by atoms with van der Waals surface area (Å²) in [7, 11) is 0. The van der Waals surface area contributed by atoms with Crippen LogP contribution < -0.4 is 5.32 Å². The van der Waals surface area contributed by atoms with E-state index >= 15 is 0 Å². The SMILES string of the molecule is CCOC(=O)c1cc(CNc2ccccc2)nn1-c1ccccc1. The summed E-state index contributed by atoms with van der Waals surface area (Å²) in [5, 5.41) is 7.85. The van der Waals surface area contributed by atoms with Gasteiger partial charge in [0, 0.05) is 5.69 Å². The molecular weight excluding hydrogens is 302 g/mol. The molecule has 0 bridgehead atoms. The number of carbonyl (C=O) groups is 1. The normalized spacial score (nSPS) is 10.4. The quantitative estimate of drug-likeness (QED) is 0.704. The molecule has 0 aliphatic carbocycles. The Labute approximate surface area is 140 Å². The van der Waals surface area contributed by atoms with Gasteiger partial charge >= 0.3 is 5.97 Å². The molecule has 1 N–H and O–H groups in total. The lowest BCUT2D eigenvalue weighted by Gasteiger charge is -2.06. The number of esters is 1. The summed E-state index contributed by atoms with van der Waals surface area (Å²) in [5.41, 5.74) is 3.02. The highest BCUT2D eigenvalue weighted by atomic mass is 16.5. The van der Waals surface area contributed by atoms with Gasteiger partial charge in [-0.1, -0.05) is 36.4 Å². The van der Waals surface area contributed by atoms with E-state index < -0.39 is 0 Å². The van der Waals surface area contributed by atoms with Crippen molar-refractivity contribution in [3.8, 4) is 5.69 Å². The number of anilines is 1. The molecular formula is C19H19N3O2. The number of carbonyl (C=O) groups excluding carboxylic acids is 1. The Hall–Kier alpha value is -3.08. The van der Waals surface area contributed by atoms with Crippen LogP contribution in [0.5, 0.6) is 0 Å². The van der Waals surface area contributed by atoms with Crippen LogP contribution in [0.3, 0.4) is 0 Å². The van der Waals surface area contributed by atoms with Gasteiger partial charge in [0.15, 0.2) is 5.69 Å². The Morgan fingerprint density at radius 3 is 2.42 bits per heavy atom. The summed E-state index contributed by atoms with van der Waals surface area (Å²) < 4.78 is 6.77. The van der Waals surface area contributed by atoms with E-state index in [1.807, 2.05) is 60.7 Å². The van der Waals surface area contributed by atoms with Crippen molar-refractivity contribution in [3.05, 3.63) is 78.1 Å². The van der Waals surface area contributed by atoms with Gasteiger partial charge in [-0.2, -0.15) is 5.10 Å². The summed E-state index contributed by atoms with van der Waals surface area (Å²) in [6.07, 6.45) is 0. The van der Waals surface area contributed by atoms with E-state index in [2.05, 4.69) is 10.4 Å². The molecule has 0 saturated carbocycles. The van der Waals surface area contributed by atoms with Gasteiger partial charge in [-0.25, -0.2) is 9.48 Å². The molecule has 2 aromatic carbocycles. The first-order valence-electron chi connectivity index (χ1n) is 7.88. The summed E-state index contributed by atoms with van der Waals surface area (Å²) in [6, 6.07) is 21.2. The van der Waals surface area contributed by atoms with Gasteiger partial charge < -0.3 is 10.1 Å². The van der Waals surface area contributed by atoms with E-state index in [9.17, 15) is 4.79 Å². The van der Waals surface area contributed by atoms with E-state index in [0.29, 0.717) is 18.8 Å². The lowest BCUT2D eigenvalue weighted by Crippen LogP contribution is -2.11. The van der Waals surface area contributed by atoms with Crippen LogP contribution in [-0.4, -0.2) is 22.4 Å². The molecule has 0 amide bonds. The largest absolute Gasteiger partial charge is 0.461 e. The lowest BCUT2D eigenvalue weighted by atomic mass is 10.3. The van der Waals surface area contributed by atoms with Crippen molar-refractivity contribution in [2.45, 2.75) is 13.5 Å². The van der Waals surface area contributed by atoms with E-state index in [1.54, 1.807) is 17.7 Å². The smallest absolute Gasteiger partial charge is 0.357 e. The molecule has 5 nitrogen and oxygen atoms in total. The molecule has 5 heteroatoms. The number of ether oxygens (including phenoxy) is 1. The average Bonchev–Trinajstić information content (AvgIpc) is 3.06. The molecule has 1 aromatic heterocycles. The van der Waals surface area contributed by atoms with Gasteiger partial charge in [-0.15, -0.1) is 0 Å². The standard InChI is InChI=1S/C19H19N3O2/c1-2-24-19(23)18-13-16(14-20-15-9-5-3-6-10-15)21-22(18)17-11-7-4-8-12-17/h3-13,20H,2,14H2,1H3. The molecule has 0 aliphatic heterocycles. The zero-order valence-corrected chi connectivity index (χ0v) is 13.5. The fourth-order valence-corrected chi connectivity index (χ4v) is 2.38. The number of nitrogens with one attached hydrogen (secondary N) is 1. The highest BCUT2D eigenvalue weighted by molar-refractivity contribution is 5.88. The van der Waals surface area contributed by atoms with Crippen LogP contribution >= 0.6 is 0 Å². The summed E-state index contributed by atoms with van der Waals surface area (Å²) in [4.78, 5) is 12.2. The van der Waals surface area contributed by atoms with Crippen molar-refractivity contribution < 1.29 is 9.53 Å². The molecule has 0 aliphatic rings. The van der Waals surface area contributed by atoms with Crippen molar-refractivity contribution in [2.24, 2.45) is 0 Å². The molecule has 0 spiro atoms. The molecule has 122 valence electrons. The number of aromatic nitrogens is 2. The minimum Gasteiger partial charge on any atom is -0.461 e. The minimum atomic E-state index is -0.375. The number of hydrogen-bond acceptors (Lipinski definition) is 4. The van der Waals surface area contributed by atoms with Gasteiger partial charge in [-0.05, 0) is 37.3 Å². The molecule has 0 unspecified atom stereocenters. The molecule has 1 heterocycles. The van der Waals surface area contributed by atoms with Crippen molar-refractivity contribution >= 4 is 11.7 Å². The Morgan fingerprint density at radius 2 is 1.75 bits per heavy atom. The highest BCUT2D eigenvalue weighted by Crippen LogP contribution is 2.15. The van der Waals surface area contributed by atoms with Crippen LogP contribution in [0.4, 0.5) is 5.69 Å². The Balaban J connectivity index is 1.87. The molecule has 3 rings (SSSR count). The molecule has 3 aromatic rings. The third-order valence-electron chi connectivity index (χ3n) is 3.49. The first-order valence-corrected chi connectivity index (χ1v) is 7.88. The maximum absolute atomic E-state index is 12.2. The second kappa shape index (κ2) is 7.46. The van der Waals surface area contributed by atoms with Crippen molar-refractivity contribution in [3.63, 3.8) is 0 Å². The summed E-state index contributed by atoms with van der Waals surface area (Å²) in [6.45, 7) is 2.64. The lowest BCUT2D eigenvalue weighted by molar-refractivity contribution is 0.0515. The van der Waals surface area contributed by atoms with Crippen molar-refractivity contribution in [2.75, 3.05) is 11.9 Å². The Morgan fingerprint density at radius 1 is 1.08 bits per heavy atom. The molecule has 0 atom stereocenters. The Kier molecular flexibility index (Phi) is 4.91.